The smallest absolute Gasteiger partial charge is 0.321 e. The Morgan fingerprint density at radius 1 is 1.29 bits per heavy atom. The second kappa shape index (κ2) is 3.99. The molecule has 0 atom stereocenters. The maximum absolute atomic E-state index is 13.0. The highest BCUT2D eigenvalue weighted by Crippen LogP contribution is 2.44. The molecule has 17 heavy (non-hydrogen) atoms. The Kier molecular flexibility index (Phi) is 2.90. The molecule has 1 saturated carbocycles. The van der Waals surface area contributed by atoms with Gasteiger partial charge in [-0.1, -0.05) is 11.3 Å². The van der Waals surface area contributed by atoms with Crippen molar-refractivity contribution in [1.29, 1.82) is 0 Å². The van der Waals surface area contributed by atoms with E-state index in [-0.39, 0.29) is 30.7 Å². The van der Waals surface area contributed by atoms with Gasteiger partial charge in [-0.3, -0.25) is 10.1 Å². The molecule has 1 aliphatic carbocycles. The predicted octanol–water partition coefficient (Wildman–Crippen LogP) is 3.02. The normalized spacial score (nSPS) is 22.3. The lowest BCUT2D eigenvalue weighted by molar-refractivity contribution is -0.380. The number of hydrogen-bond acceptors (Lipinski definition) is 4. The minimum absolute atomic E-state index is 0.00200. The van der Waals surface area contributed by atoms with Gasteiger partial charge in [0.05, 0.1) is 10.5 Å². The van der Waals surface area contributed by atoms with E-state index in [1.54, 1.807) is 6.07 Å². The lowest BCUT2D eigenvalue weighted by Crippen LogP contribution is -2.42. The number of halogens is 2. The van der Waals surface area contributed by atoms with Crippen LogP contribution < -0.4 is 5.73 Å². The van der Waals surface area contributed by atoms with E-state index in [1.807, 2.05) is 0 Å². The van der Waals surface area contributed by atoms with Crippen molar-refractivity contribution in [2.45, 2.75) is 37.1 Å². The minimum atomic E-state index is -2.65. The molecule has 1 fully saturated rings. The first-order valence-corrected chi connectivity index (χ1v) is 6.06. The van der Waals surface area contributed by atoms with Gasteiger partial charge in [0, 0.05) is 23.8 Å². The molecule has 1 aliphatic rings. The molecule has 0 aromatic carbocycles. The molecule has 0 aliphatic heterocycles. The number of nitrogens with two attached hydrogens (primary N) is 1. The van der Waals surface area contributed by atoms with Crippen LogP contribution in [0.1, 0.15) is 30.6 Å². The van der Waals surface area contributed by atoms with Crippen molar-refractivity contribution in [3.05, 3.63) is 27.1 Å². The first kappa shape index (κ1) is 12.4. The summed E-state index contributed by atoms with van der Waals surface area (Å²) in [7, 11) is 0. The summed E-state index contributed by atoms with van der Waals surface area (Å²) in [6.45, 7) is 0. The van der Waals surface area contributed by atoms with Crippen LogP contribution in [0.15, 0.2) is 12.1 Å². The maximum atomic E-state index is 13.0. The second-order valence-electron chi connectivity index (χ2n) is 4.41. The Hall–Kier alpha value is -1.08. The highest BCUT2D eigenvalue weighted by atomic mass is 32.1. The van der Waals surface area contributed by atoms with E-state index in [2.05, 4.69) is 0 Å². The van der Waals surface area contributed by atoms with Gasteiger partial charge in [-0.05, 0) is 18.9 Å². The van der Waals surface area contributed by atoms with Gasteiger partial charge in [-0.15, -0.1) is 0 Å². The van der Waals surface area contributed by atoms with Crippen LogP contribution in [-0.2, 0) is 5.54 Å². The summed E-state index contributed by atoms with van der Waals surface area (Å²) in [5.74, 6) is -2.65. The molecular formula is C10H12F2N2O2S. The molecule has 2 rings (SSSR count). The van der Waals surface area contributed by atoms with Gasteiger partial charge < -0.3 is 5.73 Å². The topological polar surface area (TPSA) is 69.2 Å². The molecule has 0 unspecified atom stereocenters. The fraction of sp³-hybridized carbons (Fsp3) is 0.600. The van der Waals surface area contributed by atoms with Crippen molar-refractivity contribution in [2.24, 2.45) is 5.73 Å². The van der Waals surface area contributed by atoms with E-state index < -0.39 is 16.4 Å². The molecular weight excluding hydrogens is 250 g/mol. The number of nitro groups is 1. The van der Waals surface area contributed by atoms with E-state index in [4.69, 9.17) is 5.73 Å². The lowest BCUT2D eigenvalue weighted by atomic mass is 9.80. The molecule has 1 aromatic heterocycles. The van der Waals surface area contributed by atoms with Crippen molar-refractivity contribution >= 4 is 16.3 Å². The molecule has 0 spiro atoms. The fourth-order valence-corrected chi connectivity index (χ4v) is 2.98. The van der Waals surface area contributed by atoms with Gasteiger partial charge in [0.15, 0.2) is 0 Å². The molecule has 0 radical (unpaired) electrons. The first-order chi connectivity index (χ1) is 7.82. The first-order valence-electron chi connectivity index (χ1n) is 5.24. The number of thiophene rings is 1. The largest absolute Gasteiger partial charge is 0.324 e. The van der Waals surface area contributed by atoms with Crippen LogP contribution in [0.25, 0.3) is 0 Å². The van der Waals surface area contributed by atoms with Crippen molar-refractivity contribution in [3.8, 4) is 0 Å². The zero-order chi connectivity index (χ0) is 12.7. The van der Waals surface area contributed by atoms with Crippen LogP contribution in [-0.4, -0.2) is 10.8 Å². The van der Waals surface area contributed by atoms with Crippen molar-refractivity contribution in [1.82, 2.24) is 0 Å². The third kappa shape index (κ3) is 2.44. The van der Waals surface area contributed by atoms with E-state index in [0.717, 1.165) is 11.3 Å². The summed E-state index contributed by atoms with van der Waals surface area (Å²) in [5, 5.41) is 10.6. The van der Waals surface area contributed by atoms with Crippen molar-refractivity contribution in [3.63, 3.8) is 0 Å². The Bertz CT molecular complexity index is 437. The molecule has 1 heterocycles. The lowest BCUT2D eigenvalue weighted by Gasteiger charge is -2.36. The molecule has 4 nitrogen and oxygen atoms in total. The van der Waals surface area contributed by atoms with Gasteiger partial charge in [-0.25, -0.2) is 8.78 Å². The number of nitrogens with zero attached hydrogens (tertiary/aromatic N) is 1. The molecule has 2 N–H and O–H groups in total. The average molecular weight is 262 g/mol. The van der Waals surface area contributed by atoms with E-state index in [9.17, 15) is 18.9 Å². The molecule has 0 saturated heterocycles. The highest BCUT2D eigenvalue weighted by Gasteiger charge is 2.43. The summed E-state index contributed by atoms with van der Waals surface area (Å²) >= 11 is 0.978. The SMILES string of the molecule is NC1(c2ccc([N+](=O)[O-])s2)CCC(F)(F)CC1. The molecule has 0 amide bonds. The van der Waals surface area contributed by atoms with Crippen molar-refractivity contribution in [2.75, 3.05) is 0 Å². The monoisotopic (exact) mass is 262 g/mol. The standard InChI is InChI=1S/C10H12F2N2O2S/c11-10(12)5-3-9(13,4-6-10)7-1-2-8(17-7)14(15)16/h1-2H,3-6,13H2. The zero-order valence-corrected chi connectivity index (χ0v) is 9.80. The van der Waals surface area contributed by atoms with Gasteiger partial charge in [0.2, 0.25) is 5.92 Å². The van der Waals surface area contributed by atoms with Crippen LogP contribution >= 0.6 is 11.3 Å². The third-order valence-electron chi connectivity index (χ3n) is 3.14. The third-order valence-corrected chi connectivity index (χ3v) is 4.39. The van der Waals surface area contributed by atoms with Gasteiger partial charge in [0.25, 0.3) is 0 Å². The number of rotatable bonds is 2. The van der Waals surface area contributed by atoms with Crippen LogP contribution in [0.2, 0.25) is 0 Å². The van der Waals surface area contributed by atoms with Gasteiger partial charge >= 0.3 is 5.00 Å². The van der Waals surface area contributed by atoms with Gasteiger partial charge in [0.1, 0.15) is 0 Å². The summed E-state index contributed by atoms with van der Waals surface area (Å²) in [6.07, 6.45) is -0.181. The summed E-state index contributed by atoms with van der Waals surface area (Å²) in [5.41, 5.74) is 5.24. The summed E-state index contributed by atoms with van der Waals surface area (Å²) in [6, 6.07) is 2.95. The van der Waals surface area contributed by atoms with Crippen LogP contribution in [0.5, 0.6) is 0 Å². The molecule has 7 heteroatoms. The minimum Gasteiger partial charge on any atom is -0.321 e. The highest BCUT2D eigenvalue weighted by molar-refractivity contribution is 7.15. The Morgan fingerprint density at radius 2 is 1.88 bits per heavy atom. The van der Waals surface area contributed by atoms with Crippen LogP contribution in [0.4, 0.5) is 13.8 Å². The summed E-state index contributed by atoms with van der Waals surface area (Å²) in [4.78, 5) is 10.7. The molecule has 0 bridgehead atoms. The van der Waals surface area contributed by atoms with E-state index >= 15 is 0 Å². The summed E-state index contributed by atoms with van der Waals surface area (Å²) < 4.78 is 26.1. The van der Waals surface area contributed by atoms with Crippen LogP contribution in [0.3, 0.4) is 0 Å². The number of hydrogen-bond donors (Lipinski definition) is 1. The van der Waals surface area contributed by atoms with Gasteiger partial charge in [-0.2, -0.15) is 0 Å². The average Bonchev–Trinajstić information content (AvgIpc) is 2.73. The predicted molar refractivity (Wildman–Crippen MR) is 60.3 cm³/mol. The quantitative estimate of drug-likeness (QED) is 0.658. The van der Waals surface area contributed by atoms with Crippen molar-refractivity contribution < 1.29 is 13.7 Å². The molecule has 1 aromatic rings. The Balaban J connectivity index is 2.18. The Morgan fingerprint density at radius 3 is 2.35 bits per heavy atom. The Labute approximate surface area is 101 Å². The fourth-order valence-electron chi connectivity index (χ4n) is 2.00. The van der Waals surface area contributed by atoms with E-state index in [0.29, 0.717) is 4.88 Å². The second-order valence-corrected chi connectivity index (χ2v) is 5.47. The zero-order valence-electron chi connectivity index (χ0n) is 8.99. The maximum Gasteiger partial charge on any atom is 0.324 e. The number of alkyl halides is 2. The molecule has 94 valence electrons. The van der Waals surface area contributed by atoms with E-state index in [1.165, 1.54) is 6.07 Å². The van der Waals surface area contributed by atoms with Crippen LogP contribution in [0, 0.1) is 10.1 Å².